The normalized spacial score (nSPS) is 15.2. The zero-order valence-corrected chi connectivity index (χ0v) is 17.4. The molecule has 8 heteroatoms. The van der Waals surface area contributed by atoms with Crippen LogP contribution in [0.15, 0.2) is 53.4 Å². The van der Waals surface area contributed by atoms with Crippen LogP contribution in [0.5, 0.6) is 0 Å². The molecule has 1 amide bonds. The molecule has 1 fully saturated rings. The van der Waals surface area contributed by atoms with Crippen LogP contribution >= 0.6 is 0 Å². The van der Waals surface area contributed by atoms with Crippen molar-refractivity contribution in [3.8, 4) is 0 Å². The van der Waals surface area contributed by atoms with Crippen molar-refractivity contribution < 1.29 is 17.9 Å². The highest BCUT2D eigenvalue weighted by Crippen LogP contribution is 2.17. The third kappa shape index (κ3) is 6.11. The molecule has 0 spiro atoms. The number of benzene rings is 2. The number of amides is 1. The van der Waals surface area contributed by atoms with E-state index in [1.807, 2.05) is 30.3 Å². The Kier molecular flexibility index (Phi) is 7.38. The Morgan fingerprint density at radius 1 is 1.10 bits per heavy atom. The Bertz CT molecular complexity index is 926. The summed E-state index contributed by atoms with van der Waals surface area (Å²) >= 11 is 0. The first-order chi connectivity index (χ1) is 14.0. The summed E-state index contributed by atoms with van der Waals surface area (Å²) in [5, 5.41) is 2.87. The summed E-state index contributed by atoms with van der Waals surface area (Å²) in [5.74, 6) is -0.280. The lowest BCUT2D eigenvalue weighted by Gasteiger charge is -2.26. The fraction of sp³-hybridized carbons (Fsp3) is 0.381. The van der Waals surface area contributed by atoms with Crippen molar-refractivity contribution in [1.29, 1.82) is 0 Å². The first-order valence-corrected chi connectivity index (χ1v) is 11.2. The fourth-order valence-corrected chi connectivity index (χ4v) is 4.42. The van der Waals surface area contributed by atoms with Gasteiger partial charge in [-0.15, -0.1) is 0 Å². The minimum absolute atomic E-state index is 0.120. The van der Waals surface area contributed by atoms with Gasteiger partial charge in [-0.05, 0) is 30.2 Å². The number of sulfonamides is 1. The molecule has 0 bridgehead atoms. The van der Waals surface area contributed by atoms with Gasteiger partial charge in [0.05, 0.1) is 18.1 Å². The maximum atomic E-state index is 12.8. The average molecular weight is 418 g/mol. The van der Waals surface area contributed by atoms with E-state index in [-0.39, 0.29) is 17.3 Å². The Labute approximate surface area is 172 Å². The Morgan fingerprint density at radius 2 is 1.83 bits per heavy atom. The number of morpholine rings is 1. The molecule has 3 rings (SSSR count). The molecule has 2 aromatic carbocycles. The minimum Gasteiger partial charge on any atom is -0.379 e. The highest BCUT2D eigenvalue weighted by atomic mass is 32.2. The predicted octanol–water partition coefficient (Wildman–Crippen LogP) is 1.54. The van der Waals surface area contributed by atoms with Gasteiger partial charge in [0.25, 0.3) is 5.91 Å². The Hall–Kier alpha value is -2.26. The second-order valence-corrected chi connectivity index (χ2v) is 8.74. The van der Waals surface area contributed by atoms with E-state index in [0.29, 0.717) is 30.9 Å². The first-order valence-electron chi connectivity index (χ1n) is 9.68. The molecule has 2 aromatic rings. The van der Waals surface area contributed by atoms with Crippen molar-refractivity contribution in [2.24, 2.45) is 0 Å². The monoisotopic (exact) mass is 417 g/mol. The third-order valence-corrected chi connectivity index (χ3v) is 6.41. The number of carbonyl (C=O) groups excluding carboxylic acids is 1. The van der Waals surface area contributed by atoms with E-state index >= 15 is 0 Å². The van der Waals surface area contributed by atoms with Gasteiger partial charge in [-0.25, -0.2) is 13.1 Å². The van der Waals surface area contributed by atoms with Crippen LogP contribution in [-0.2, 0) is 21.3 Å². The molecule has 0 aromatic heterocycles. The quantitative estimate of drug-likeness (QED) is 0.680. The number of hydrogen-bond donors (Lipinski definition) is 2. The van der Waals surface area contributed by atoms with E-state index < -0.39 is 10.0 Å². The van der Waals surface area contributed by atoms with Crippen LogP contribution in [0.25, 0.3) is 0 Å². The lowest BCUT2D eigenvalue weighted by Crippen LogP contribution is -2.41. The number of nitrogens with zero attached hydrogens (tertiary/aromatic N) is 1. The highest BCUT2D eigenvalue weighted by Gasteiger charge is 2.19. The average Bonchev–Trinajstić information content (AvgIpc) is 2.74. The molecule has 1 aliphatic rings. The summed E-state index contributed by atoms with van der Waals surface area (Å²) in [4.78, 5) is 14.8. The number of ether oxygens (including phenoxy) is 1. The lowest BCUT2D eigenvalue weighted by molar-refractivity contribution is 0.0383. The van der Waals surface area contributed by atoms with Crippen molar-refractivity contribution in [1.82, 2.24) is 14.9 Å². The van der Waals surface area contributed by atoms with E-state index in [1.54, 1.807) is 19.1 Å². The van der Waals surface area contributed by atoms with Gasteiger partial charge in [0.15, 0.2) is 0 Å². The van der Waals surface area contributed by atoms with E-state index in [2.05, 4.69) is 14.9 Å². The van der Waals surface area contributed by atoms with Crippen molar-refractivity contribution in [2.75, 3.05) is 39.4 Å². The summed E-state index contributed by atoms with van der Waals surface area (Å²) in [6, 6.07) is 14.1. The van der Waals surface area contributed by atoms with Gasteiger partial charge in [-0.1, -0.05) is 36.4 Å². The highest BCUT2D eigenvalue weighted by molar-refractivity contribution is 7.89. The number of nitrogens with one attached hydrogen (secondary N) is 2. The van der Waals surface area contributed by atoms with Crippen molar-refractivity contribution >= 4 is 15.9 Å². The molecule has 7 nitrogen and oxygen atoms in total. The molecule has 0 saturated carbocycles. The van der Waals surface area contributed by atoms with Crippen LogP contribution < -0.4 is 10.0 Å². The van der Waals surface area contributed by atoms with Gasteiger partial charge >= 0.3 is 0 Å². The van der Waals surface area contributed by atoms with Crippen LogP contribution in [0.4, 0.5) is 0 Å². The summed E-state index contributed by atoms with van der Waals surface area (Å²) in [5.41, 5.74) is 1.79. The summed E-state index contributed by atoms with van der Waals surface area (Å²) in [6.07, 6.45) is 0. The number of hydrogen-bond acceptors (Lipinski definition) is 5. The van der Waals surface area contributed by atoms with E-state index in [4.69, 9.17) is 4.74 Å². The topological polar surface area (TPSA) is 87.7 Å². The molecule has 0 unspecified atom stereocenters. The Morgan fingerprint density at radius 3 is 2.55 bits per heavy atom. The summed E-state index contributed by atoms with van der Waals surface area (Å²) < 4.78 is 33.4. The zero-order chi connectivity index (χ0) is 20.7. The van der Waals surface area contributed by atoms with Gasteiger partial charge in [0, 0.05) is 38.3 Å². The molecular formula is C21H27N3O4S. The summed E-state index contributed by atoms with van der Waals surface area (Å²) in [6.45, 7) is 6.29. The molecule has 1 saturated heterocycles. The van der Waals surface area contributed by atoms with E-state index in [9.17, 15) is 13.2 Å². The summed E-state index contributed by atoms with van der Waals surface area (Å²) in [7, 11) is -3.73. The SMILES string of the molecule is Cc1ccc(C(=O)NCCN2CCOCC2)cc1S(=O)(=O)NCc1ccccc1. The number of aryl methyl sites for hydroxylation is 1. The predicted molar refractivity (Wildman–Crippen MR) is 111 cm³/mol. The van der Waals surface area contributed by atoms with Gasteiger partial charge in [0.2, 0.25) is 10.0 Å². The van der Waals surface area contributed by atoms with E-state index in [1.165, 1.54) is 6.07 Å². The molecule has 1 heterocycles. The fourth-order valence-electron chi connectivity index (χ4n) is 3.14. The zero-order valence-electron chi connectivity index (χ0n) is 16.6. The van der Waals surface area contributed by atoms with E-state index in [0.717, 1.165) is 25.2 Å². The molecule has 2 N–H and O–H groups in total. The van der Waals surface area contributed by atoms with Crippen molar-refractivity contribution in [2.45, 2.75) is 18.4 Å². The molecule has 0 atom stereocenters. The molecule has 0 radical (unpaired) electrons. The lowest BCUT2D eigenvalue weighted by atomic mass is 10.1. The molecule has 0 aliphatic carbocycles. The van der Waals surface area contributed by atoms with Crippen molar-refractivity contribution in [3.05, 3.63) is 65.2 Å². The van der Waals surface area contributed by atoms with Crippen LogP contribution in [0.2, 0.25) is 0 Å². The molecular weight excluding hydrogens is 390 g/mol. The minimum atomic E-state index is -3.73. The smallest absolute Gasteiger partial charge is 0.251 e. The van der Waals surface area contributed by atoms with Crippen LogP contribution in [-0.4, -0.2) is 58.6 Å². The third-order valence-electron chi connectivity index (χ3n) is 4.87. The van der Waals surface area contributed by atoms with Crippen LogP contribution in [0.1, 0.15) is 21.5 Å². The van der Waals surface area contributed by atoms with Gasteiger partial charge < -0.3 is 10.1 Å². The van der Waals surface area contributed by atoms with Crippen LogP contribution in [0.3, 0.4) is 0 Å². The molecule has 156 valence electrons. The number of carbonyl (C=O) groups is 1. The van der Waals surface area contributed by atoms with Gasteiger partial charge in [-0.2, -0.15) is 0 Å². The van der Waals surface area contributed by atoms with Crippen molar-refractivity contribution in [3.63, 3.8) is 0 Å². The van der Waals surface area contributed by atoms with Crippen LogP contribution in [0, 0.1) is 6.92 Å². The molecule has 29 heavy (non-hydrogen) atoms. The first kappa shape index (κ1) is 21.4. The maximum Gasteiger partial charge on any atom is 0.251 e. The Balaban J connectivity index is 1.62. The standard InChI is InChI=1S/C21H27N3O4S/c1-17-7-8-19(21(25)22-9-10-24-11-13-28-14-12-24)15-20(17)29(26,27)23-16-18-5-3-2-4-6-18/h2-8,15,23H,9-14,16H2,1H3,(H,22,25). The largest absolute Gasteiger partial charge is 0.379 e. The number of rotatable bonds is 8. The van der Waals surface area contributed by atoms with Gasteiger partial charge in [-0.3, -0.25) is 9.69 Å². The second kappa shape index (κ2) is 9.98. The molecule has 1 aliphatic heterocycles. The maximum absolute atomic E-state index is 12.8. The van der Waals surface area contributed by atoms with Gasteiger partial charge in [0.1, 0.15) is 0 Å². The second-order valence-electron chi connectivity index (χ2n) is 7.00.